The molecule has 0 fully saturated rings. The highest BCUT2D eigenvalue weighted by atomic mass is 16.4. The second kappa shape index (κ2) is 22.2. The lowest BCUT2D eigenvalue weighted by atomic mass is 10.0. The van der Waals surface area contributed by atoms with Crippen LogP contribution in [0.25, 0.3) is 0 Å². The third-order valence-corrected chi connectivity index (χ3v) is 5.24. The van der Waals surface area contributed by atoms with Gasteiger partial charge in [0.05, 0.1) is 0 Å². The molecule has 0 saturated carbocycles. The van der Waals surface area contributed by atoms with Gasteiger partial charge in [0.15, 0.2) is 0 Å². The molecule has 0 radical (unpaired) electrons. The van der Waals surface area contributed by atoms with Gasteiger partial charge in [-0.3, -0.25) is 9.59 Å². The molecular weight excluding hydrogens is 354 g/mol. The summed E-state index contributed by atoms with van der Waals surface area (Å²) < 4.78 is 0. The van der Waals surface area contributed by atoms with Crippen molar-refractivity contribution >= 4 is 11.9 Å². The van der Waals surface area contributed by atoms with Crippen molar-refractivity contribution in [3.63, 3.8) is 0 Å². The highest BCUT2D eigenvalue weighted by Crippen LogP contribution is 2.14. The number of carbonyl (C=O) groups is 2. The van der Waals surface area contributed by atoms with E-state index in [9.17, 15) is 9.59 Å². The normalized spacial score (nSPS) is 11.0. The molecule has 5 nitrogen and oxygen atoms in total. The molecule has 0 aromatic rings. The molecule has 0 spiro atoms. The molecule has 28 heavy (non-hydrogen) atoms. The van der Waals surface area contributed by atoms with E-state index < -0.39 is 11.9 Å². The summed E-state index contributed by atoms with van der Waals surface area (Å²) in [7, 11) is 0. The highest BCUT2D eigenvalue weighted by molar-refractivity contribution is 5.66. The van der Waals surface area contributed by atoms with Crippen molar-refractivity contribution in [3.05, 3.63) is 0 Å². The Labute approximate surface area is 172 Å². The van der Waals surface area contributed by atoms with Gasteiger partial charge in [-0.1, -0.05) is 89.9 Å². The fraction of sp³-hybridized carbons (Fsp3) is 0.913. The van der Waals surface area contributed by atoms with Gasteiger partial charge in [-0.2, -0.15) is 0 Å². The van der Waals surface area contributed by atoms with Crippen LogP contribution in [0.4, 0.5) is 0 Å². The molecule has 166 valence electrons. The van der Waals surface area contributed by atoms with Crippen molar-refractivity contribution < 1.29 is 19.8 Å². The molecular formula is C23H45NO4. The van der Waals surface area contributed by atoms with Crippen molar-refractivity contribution in [3.8, 4) is 0 Å². The van der Waals surface area contributed by atoms with Crippen molar-refractivity contribution in [2.24, 2.45) is 0 Å². The molecule has 3 N–H and O–H groups in total. The maximum Gasteiger partial charge on any atom is 0.303 e. The Bertz CT molecular complexity index is 327. The van der Waals surface area contributed by atoms with Crippen molar-refractivity contribution in [2.45, 2.75) is 122 Å². The van der Waals surface area contributed by atoms with Gasteiger partial charge in [-0.15, -0.1) is 0 Å². The van der Waals surface area contributed by atoms with Gasteiger partial charge in [0, 0.05) is 12.8 Å². The first-order valence-corrected chi connectivity index (χ1v) is 11.8. The van der Waals surface area contributed by atoms with Gasteiger partial charge >= 0.3 is 11.9 Å². The van der Waals surface area contributed by atoms with E-state index in [1.54, 1.807) is 0 Å². The lowest BCUT2D eigenvalue weighted by Crippen LogP contribution is -2.17. The zero-order valence-corrected chi connectivity index (χ0v) is 18.1. The van der Waals surface area contributed by atoms with Crippen LogP contribution in [0.3, 0.4) is 0 Å². The standard InChI is InChI=1S/C23H45NO4/c25-22(26)18-15-13-11-9-7-5-3-1-2-4-6-8-10-12-14-16-20-24-21-17-19-23(27)28/h24H,1-21H2,(H,25,26)(H,27,28). The van der Waals surface area contributed by atoms with Crippen molar-refractivity contribution in [1.29, 1.82) is 0 Å². The van der Waals surface area contributed by atoms with E-state index in [-0.39, 0.29) is 6.42 Å². The maximum atomic E-state index is 10.4. The van der Waals surface area contributed by atoms with Gasteiger partial charge < -0.3 is 15.5 Å². The third kappa shape index (κ3) is 24.9. The predicted octanol–water partition coefficient (Wildman–Crippen LogP) is 6.16. The topological polar surface area (TPSA) is 86.6 Å². The molecule has 0 aromatic carbocycles. The predicted molar refractivity (Wildman–Crippen MR) is 116 cm³/mol. The molecule has 0 atom stereocenters. The Morgan fingerprint density at radius 2 is 0.714 bits per heavy atom. The second-order valence-electron chi connectivity index (χ2n) is 8.05. The zero-order chi connectivity index (χ0) is 20.7. The summed E-state index contributed by atoms with van der Waals surface area (Å²) in [5.41, 5.74) is 0. The molecule has 0 aliphatic rings. The van der Waals surface area contributed by atoms with Gasteiger partial charge in [0.25, 0.3) is 0 Å². The van der Waals surface area contributed by atoms with Crippen LogP contribution in [0, 0.1) is 0 Å². The Morgan fingerprint density at radius 1 is 0.429 bits per heavy atom. The minimum atomic E-state index is -0.705. The van der Waals surface area contributed by atoms with Crippen LogP contribution in [-0.4, -0.2) is 35.2 Å². The van der Waals surface area contributed by atoms with Crippen LogP contribution in [0.15, 0.2) is 0 Å². The van der Waals surface area contributed by atoms with E-state index in [4.69, 9.17) is 10.2 Å². The Hall–Kier alpha value is -1.10. The number of hydrogen-bond donors (Lipinski definition) is 3. The number of rotatable bonds is 23. The van der Waals surface area contributed by atoms with Crippen LogP contribution in [0.1, 0.15) is 122 Å². The van der Waals surface area contributed by atoms with Crippen LogP contribution in [0.5, 0.6) is 0 Å². The molecule has 0 aliphatic heterocycles. The summed E-state index contributed by atoms with van der Waals surface area (Å²) in [6, 6.07) is 0. The molecule has 0 aliphatic carbocycles. The zero-order valence-electron chi connectivity index (χ0n) is 18.1. The van der Waals surface area contributed by atoms with E-state index in [1.807, 2.05) is 0 Å². The average molecular weight is 400 g/mol. The quantitative estimate of drug-likeness (QED) is 0.179. The fourth-order valence-corrected chi connectivity index (χ4v) is 3.49. The maximum absolute atomic E-state index is 10.4. The summed E-state index contributed by atoms with van der Waals surface area (Å²) in [6.07, 6.45) is 21.7. The first-order chi connectivity index (χ1) is 13.6. The van der Waals surface area contributed by atoms with Crippen LogP contribution in [-0.2, 0) is 9.59 Å². The molecule has 0 heterocycles. The first kappa shape index (κ1) is 26.9. The minimum Gasteiger partial charge on any atom is -0.481 e. The number of hydrogen-bond acceptors (Lipinski definition) is 3. The van der Waals surface area contributed by atoms with Crippen LogP contribution in [0.2, 0.25) is 0 Å². The molecule has 0 saturated heterocycles. The van der Waals surface area contributed by atoms with Crippen molar-refractivity contribution in [1.82, 2.24) is 5.32 Å². The van der Waals surface area contributed by atoms with E-state index >= 15 is 0 Å². The largest absolute Gasteiger partial charge is 0.481 e. The Morgan fingerprint density at radius 3 is 1.11 bits per heavy atom. The first-order valence-electron chi connectivity index (χ1n) is 11.8. The lowest BCUT2D eigenvalue weighted by molar-refractivity contribution is -0.138. The van der Waals surface area contributed by atoms with Gasteiger partial charge in [-0.05, 0) is 32.4 Å². The average Bonchev–Trinajstić information content (AvgIpc) is 2.65. The summed E-state index contributed by atoms with van der Waals surface area (Å²) in [4.78, 5) is 20.8. The van der Waals surface area contributed by atoms with Crippen LogP contribution >= 0.6 is 0 Å². The number of nitrogens with one attached hydrogen (secondary N) is 1. The Balaban J connectivity index is 3.01. The Kier molecular flexibility index (Phi) is 21.3. The summed E-state index contributed by atoms with van der Waals surface area (Å²) >= 11 is 0. The molecule has 0 unspecified atom stereocenters. The van der Waals surface area contributed by atoms with Gasteiger partial charge in [0.2, 0.25) is 0 Å². The van der Waals surface area contributed by atoms with E-state index in [0.717, 1.165) is 32.4 Å². The van der Waals surface area contributed by atoms with E-state index in [0.29, 0.717) is 6.42 Å². The molecule has 0 amide bonds. The smallest absolute Gasteiger partial charge is 0.303 e. The lowest BCUT2D eigenvalue weighted by Gasteiger charge is -2.05. The van der Waals surface area contributed by atoms with Crippen molar-refractivity contribution in [2.75, 3.05) is 13.1 Å². The summed E-state index contributed by atoms with van der Waals surface area (Å²) in [6.45, 7) is 1.83. The number of aliphatic carboxylic acids is 2. The summed E-state index contributed by atoms with van der Waals surface area (Å²) in [5.74, 6) is -1.37. The van der Waals surface area contributed by atoms with Gasteiger partial charge in [-0.25, -0.2) is 0 Å². The number of carboxylic acid groups (broad SMARTS) is 2. The summed E-state index contributed by atoms with van der Waals surface area (Å²) in [5, 5.41) is 20.4. The van der Waals surface area contributed by atoms with Gasteiger partial charge in [0.1, 0.15) is 0 Å². The van der Waals surface area contributed by atoms with E-state index in [2.05, 4.69) is 5.32 Å². The third-order valence-electron chi connectivity index (χ3n) is 5.24. The number of carboxylic acids is 2. The molecule has 0 rings (SSSR count). The minimum absolute atomic E-state index is 0.267. The van der Waals surface area contributed by atoms with E-state index in [1.165, 1.54) is 89.9 Å². The molecule has 5 heteroatoms. The highest BCUT2D eigenvalue weighted by Gasteiger charge is 1.98. The van der Waals surface area contributed by atoms with Crippen LogP contribution < -0.4 is 5.32 Å². The molecule has 0 bridgehead atoms. The molecule has 0 aromatic heterocycles. The second-order valence-corrected chi connectivity index (χ2v) is 8.05. The SMILES string of the molecule is O=C(O)CCCCCCCCCCCCCCCCCCNCCCC(=O)O. The number of unbranched alkanes of at least 4 members (excludes halogenated alkanes) is 15. The fourth-order valence-electron chi connectivity index (χ4n) is 3.49. The monoisotopic (exact) mass is 399 g/mol.